The summed E-state index contributed by atoms with van der Waals surface area (Å²) in [6.07, 6.45) is 4.19. The molecule has 1 rings (SSSR count). The minimum atomic E-state index is 0.0391. The molecule has 0 aliphatic rings. The first-order valence-electron chi connectivity index (χ1n) is 6.95. The first kappa shape index (κ1) is 15.3. The lowest BCUT2D eigenvalue weighted by molar-refractivity contribution is -0.118. The lowest BCUT2D eigenvalue weighted by atomic mass is 10.00. The summed E-state index contributed by atoms with van der Waals surface area (Å²) < 4.78 is 0. The molecule has 2 nitrogen and oxygen atoms in total. The molecule has 0 unspecified atom stereocenters. The molecule has 1 N–H and O–H groups in total. The zero-order valence-electron chi connectivity index (χ0n) is 12.2. The summed E-state index contributed by atoms with van der Waals surface area (Å²) in [7, 11) is 0. The third kappa shape index (κ3) is 6.10. The molecule has 19 heavy (non-hydrogen) atoms. The van der Waals surface area contributed by atoms with E-state index in [9.17, 15) is 4.79 Å². The summed E-state index contributed by atoms with van der Waals surface area (Å²) in [5.41, 5.74) is 3.77. The van der Waals surface area contributed by atoms with E-state index in [0.717, 1.165) is 37.8 Å². The molecular weight excluding hydrogens is 234 g/mol. The normalized spacial score (nSPS) is 9.63. The highest BCUT2D eigenvalue weighted by Gasteiger charge is 2.00. The molecule has 0 fully saturated rings. The van der Waals surface area contributed by atoms with E-state index in [1.165, 1.54) is 11.1 Å². The minimum Gasteiger partial charge on any atom is -0.356 e. The van der Waals surface area contributed by atoms with Crippen LogP contribution in [0.25, 0.3) is 0 Å². The lowest BCUT2D eigenvalue weighted by Gasteiger charge is -2.07. The van der Waals surface area contributed by atoms with Gasteiger partial charge in [0, 0.05) is 19.0 Å². The predicted octanol–water partition coefficient (Wildman–Crippen LogP) is 3.08. The largest absolute Gasteiger partial charge is 0.356 e. The van der Waals surface area contributed by atoms with Crippen molar-refractivity contribution in [3.05, 3.63) is 34.9 Å². The van der Waals surface area contributed by atoms with Crippen LogP contribution < -0.4 is 5.32 Å². The van der Waals surface area contributed by atoms with Crippen LogP contribution in [0, 0.1) is 11.8 Å². The van der Waals surface area contributed by atoms with Gasteiger partial charge >= 0.3 is 0 Å². The molecule has 0 aliphatic heterocycles. The van der Waals surface area contributed by atoms with E-state index in [2.05, 4.69) is 42.3 Å². The molecule has 0 aliphatic carbocycles. The maximum absolute atomic E-state index is 10.8. The second-order valence-electron chi connectivity index (χ2n) is 4.75. The van der Waals surface area contributed by atoms with Gasteiger partial charge in [-0.05, 0) is 49.4 Å². The number of nitrogens with one attached hydrogen (secondary N) is 1. The van der Waals surface area contributed by atoms with Crippen LogP contribution in [-0.2, 0) is 17.6 Å². The first-order valence-corrected chi connectivity index (χ1v) is 6.95. The smallest absolute Gasteiger partial charge is 0.216 e. The fourth-order valence-corrected chi connectivity index (χ4v) is 2.11. The highest BCUT2D eigenvalue weighted by molar-refractivity contribution is 5.72. The molecule has 0 saturated heterocycles. The zero-order valence-corrected chi connectivity index (χ0v) is 12.2. The number of benzene rings is 1. The van der Waals surface area contributed by atoms with Crippen molar-refractivity contribution in [2.45, 2.75) is 46.5 Å². The maximum Gasteiger partial charge on any atom is 0.216 e. The van der Waals surface area contributed by atoms with Gasteiger partial charge in [0.2, 0.25) is 5.91 Å². The van der Waals surface area contributed by atoms with Crippen molar-refractivity contribution < 1.29 is 4.79 Å². The zero-order chi connectivity index (χ0) is 14.1. The van der Waals surface area contributed by atoms with Crippen molar-refractivity contribution in [2.24, 2.45) is 0 Å². The van der Waals surface area contributed by atoms with Crippen LogP contribution in [0.2, 0.25) is 0 Å². The van der Waals surface area contributed by atoms with Crippen LogP contribution in [0.1, 0.15) is 50.3 Å². The fourth-order valence-electron chi connectivity index (χ4n) is 2.11. The second kappa shape index (κ2) is 8.37. The molecule has 102 valence electrons. The van der Waals surface area contributed by atoms with Gasteiger partial charge in [-0.15, -0.1) is 5.92 Å². The molecule has 0 aromatic heterocycles. The van der Waals surface area contributed by atoms with Gasteiger partial charge in [0.25, 0.3) is 0 Å². The lowest BCUT2D eigenvalue weighted by Crippen LogP contribution is -2.21. The highest BCUT2D eigenvalue weighted by Crippen LogP contribution is 2.13. The van der Waals surface area contributed by atoms with Crippen LogP contribution in [-0.4, -0.2) is 12.5 Å². The Morgan fingerprint density at radius 1 is 1.21 bits per heavy atom. The van der Waals surface area contributed by atoms with Gasteiger partial charge in [-0.2, -0.15) is 0 Å². The molecule has 1 amide bonds. The Kier molecular flexibility index (Phi) is 6.74. The molecule has 0 atom stereocenters. The molecule has 0 radical (unpaired) electrons. The number of hydrogen-bond donors (Lipinski definition) is 1. The van der Waals surface area contributed by atoms with Crippen molar-refractivity contribution >= 4 is 5.91 Å². The Balaban J connectivity index is 2.69. The summed E-state index contributed by atoms with van der Waals surface area (Å²) in [4.78, 5) is 10.8. The van der Waals surface area contributed by atoms with Gasteiger partial charge in [-0.1, -0.05) is 25.3 Å². The third-order valence-corrected chi connectivity index (χ3v) is 2.88. The molecule has 0 bridgehead atoms. The van der Waals surface area contributed by atoms with Crippen molar-refractivity contribution in [2.75, 3.05) is 6.54 Å². The SMILES string of the molecule is CC#Cc1cc(CCC)cc(CCCNC(C)=O)c1. The predicted molar refractivity (Wildman–Crippen MR) is 80.0 cm³/mol. The Morgan fingerprint density at radius 2 is 1.89 bits per heavy atom. The van der Waals surface area contributed by atoms with E-state index in [1.54, 1.807) is 6.92 Å². The van der Waals surface area contributed by atoms with Crippen LogP contribution in [0.15, 0.2) is 18.2 Å². The molecule has 0 saturated carbocycles. The van der Waals surface area contributed by atoms with Crippen LogP contribution >= 0.6 is 0 Å². The number of carbonyl (C=O) groups excluding carboxylic acids is 1. The average molecular weight is 257 g/mol. The van der Waals surface area contributed by atoms with Gasteiger partial charge in [-0.3, -0.25) is 4.79 Å². The van der Waals surface area contributed by atoms with E-state index < -0.39 is 0 Å². The van der Waals surface area contributed by atoms with Crippen LogP contribution in [0.4, 0.5) is 0 Å². The summed E-state index contributed by atoms with van der Waals surface area (Å²) in [5, 5.41) is 2.83. The van der Waals surface area contributed by atoms with Gasteiger partial charge in [0.1, 0.15) is 0 Å². The number of aryl methyl sites for hydroxylation is 2. The van der Waals surface area contributed by atoms with E-state index in [4.69, 9.17) is 0 Å². The van der Waals surface area contributed by atoms with E-state index in [1.807, 2.05) is 6.92 Å². The molecule has 1 aromatic carbocycles. The van der Waals surface area contributed by atoms with Gasteiger partial charge in [0.15, 0.2) is 0 Å². The van der Waals surface area contributed by atoms with E-state index >= 15 is 0 Å². The van der Waals surface area contributed by atoms with Crippen molar-refractivity contribution in [3.63, 3.8) is 0 Å². The molecule has 2 heteroatoms. The van der Waals surface area contributed by atoms with Crippen molar-refractivity contribution in [3.8, 4) is 11.8 Å². The number of amides is 1. The fraction of sp³-hybridized carbons (Fsp3) is 0.471. The van der Waals surface area contributed by atoms with Crippen LogP contribution in [0.3, 0.4) is 0 Å². The van der Waals surface area contributed by atoms with E-state index in [-0.39, 0.29) is 5.91 Å². The Bertz CT molecular complexity index is 480. The Morgan fingerprint density at radius 3 is 2.47 bits per heavy atom. The topological polar surface area (TPSA) is 29.1 Å². The number of rotatable bonds is 6. The molecular formula is C17H23NO. The number of hydrogen-bond acceptors (Lipinski definition) is 1. The Labute approximate surface area is 116 Å². The molecule has 1 aromatic rings. The minimum absolute atomic E-state index is 0.0391. The van der Waals surface area contributed by atoms with Gasteiger partial charge in [-0.25, -0.2) is 0 Å². The highest BCUT2D eigenvalue weighted by atomic mass is 16.1. The van der Waals surface area contributed by atoms with Crippen molar-refractivity contribution in [1.29, 1.82) is 0 Å². The summed E-state index contributed by atoms with van der Waals surface area (Å²) in [6, 6.07) is 6.60. The third-order valence-electron chi connectivity index (χ3n) is 2.88. The monoisotopic (exact) mass is 257 g/mol. The van der Waals surface area contributed by atoms with Crippen molar-refractivity contribution in [1.82, 2.24) is 5.32 Å². The van der Waals surface area contributed by atoms with Gasteiger partial charge in [0.05, 0.1) is 0 Å². The summed E-state index contributed by atoms with van der Waals surface area (Å²) >= 11 is 0. The summed E-state index contributed by atoms with van der Waals surface area (Å²) in [5.74, 6) is 6.13. The second-order valence-corrected chi connectivity index (χ2v) is 4.75. The maximum atomic E-state index is 10.8. The number of carbonyl (C=O) groups is 1. The molecule has 0 spiro atoms. The van der Waals surface area contributed by atoms with Crippen LogP contribution in [0.5, 0.6) is 0 Å². The quantitative estimate of drug-likeness (QED) is 0.616. The molecule has 0 heterocycles. The average Bonchev–Trinajstić information content (AvgIpc) is 2.35. The first-order chi connectivity index (χ1) is 9.15. The Hall–Kier alpha value is -1.75. The van der Waals surface area contributed by atoms with E-state index in [0.29, 0.717) is 0 Å². The standard InChI is InChI=1S/C17H23NO/c1-4-7-15-11-16(8-5-2)13-17(12-15)9-6-10-18-14(3)19/h11-13H,4,6-7,9-10H2,1-3H3,(H,18,19). The van der Waals surface area contributed by atoms with Gasteiger partial charge < -0.3 is 5.32 Å². The summed E-state index contributed by atoms with van der Waals surface area (Å²) in [6.45, 7) is 6.34.